The average Bonchev–Trinajstić information content (AvgIpc) is 3.21. The van der Waals surface area contributed by atoms with Gasteiger partial charge in [0.15, 0.2) is 5.13 Å². The number of imide groups is 1. The highest BCUT2D eigenvalue weighted by Crippen LogP contribution is 2.27. The van der Waals surface area contributed by atoms with Crippen molar-refractivity contribution in [2.45, 2.75) is 0 Å². The summed E-state index contributed by atoms with van der Waals surface area (Å²) in [5.74, 6) is -1.42. The van der Waals surface area contributed by atoms with Crippen molar-refractivity contribution in [2.75, 3.05) is 11.9 Å². The number of thiazole rings is 1. The highest BCUT2D eigenvalue weighted by Gasteiger charge is 2.36. The summed E-state index contributed by atoms with van der Waals surface area (Å²) in [6.45, 7) is -0.357. The second-order valence-electron chi connectivity index (χ2n) is 5.84. The number of aromatic nitrogens is 1. The maximum absolute atomic E-state index is 12.4. The molecule has 2 aromatic carbocycles. The van der Waals surface area contributed by atoms with Gasteiger partial charge in [-0.1, -0.05) is 46.3 Å². The molecule has 0 spiro atoms. The average molecular weight is 442 g/mol. The molecule has 1 aliphatic heterocycles. The maximum atomic E-state index is 12.4. The molecule has 1 aromatic heterocycles. The lowest BCUT2D eigenvalue weighted by Gasteiger charge is -2.12. The first-order valence-corrected chi connectivity index (χ1v) is 9.67. The summed E-state index contributed by atoms with van der Waals surface area (Å²) in [4.78, 5) is 42.5. The Balaban J connectivity index is 1.46. The Kier molecular flexibility index (Phi) is 4.59. The summed E-state index contributed by atoms with van der Waals surface area (Å²) in [6, 6.07) is 14.4. The second kappa shape index (κ2) is 7.05. The first kappa shape index (κ1) is 17.6. The van der Waals surface area contributed by atoms with Crippen LogP contribution in [0.3, 0.4) is 0 Å². The van der Waals surface area contributed by atoms with E-state index in [1.165, 1.54) is 11.3 Å². The summed E-state index contributed by atoms with van der Waals surface area (Å²) in [5.41, 5.74) is 2.29. The number of carbonyl (C=O) groups excluding carboxylic acids is 3. The van der Waals surface area contributed by atoms with E-state index in [2.05, 4.69) is 26.2 Å². The number of nitrogens with one attached hydrogen (secondary N) is 1. The highest BCUT2D eigenvalue weighted by atomic mass is 79.9. The summed E-state index contributed by atoms with van der Waals surface area (Å²) in [6.07, 6.45) is 0. The number of carbonyl (C=O) groups is 3. The molecule has 3 amide bonds. The predicted octanol–water partition coefficient (Wildman–Crippen LogP) is 3.81. The minimum Gasteiger partial charge on any atom is -0.300 e. The Morgan fingerprint density at radius 2 is 1.81 bits per heavy atom. The number of benzene rings is 2. The fourth-order valence-electron chi connectivity index (χ4n) is 2.78. The normalized spacial score (nSPS) is 13.0. The van der Waals surface area contributed by atoms with Gasteiger partial charge in [-0.25, -0.2) is 4.98 Å². The molecular formula is C19H12BrN3O3S. The van der Waals surface area contributed by atoms with E-state index < -0.39 is 17.7 Å². The van der Waals surface area contributed by atoms with Gasteiger partial charge in [0.2, 0.25) is 5.91 Å². The monoisotopic (exact) mass is 441 g/mol. The van der Waals surface area contributed by atoms with E-state index in [0.717, 1.165) is 16.2 Å². The molecule has 6 nitrogen and oxygen atoms in total. The van der Waals surface area contributed by atoms with Crippen LogP contribution in [0, 0.1) is 0 Å². The third kappa shape index (κ3) is 3.41. The molecule has 4 rings (SSSR count). The highest BCUT2D eigenvalue weighted by molar-refractivity contribution is 9.10. The van der Waals surface area contributed by atoms with Crippen LogP contribution < -0.4 is 5.32 Å². The molecule has 2 heterocycles. The molecule has 3 aromatic rings. The summed E-state index contributed by atoms with van der Waals surface area (Å²) in [7, 11) is 0. The molecule has 1 aliphatic rings. The van der Waals surface area contributed by atoms with Crippen LogP contribution >= 0.6 is 27.3 Å². The van der Waals surface area contributed by atoms with E-state index in [1.54, 1.807) is 18.2 Å². The van der Waals surface area contributed by atoms with Crippen LogP contribution in [0.2, 0.25) is 0 Å². The zero-order valence-corrected chi connectivity index (χ0v) is 16.2. The number of amides is 3. The Morgan fingerprint density at radius 3 is 2.59 bits per heavy atom. The largest absolute Gasteiger partial charge is 0.300 e. The first-order chi connectivity index (χ1) is 13.0. The zero-order valence-electron chi connectivity index (χ0n) is 13.8. The molecule has 0 aliphatic carbocycles. The topological polar surface area (TPSA) is 79.4 Å². The van der Waals surface area contributed by atoms with Gasteiger partial charge in [-0.3, -0.25) is 19.3 Å². The van der Waals surface area contributed by atoms with E-state index in [1.807, 2.05) is 35.7 Å². The van der Waals surface area contributed by atoms with Crippen molar-refractivity contribution in [2.24, 2.45) is 0 Å². The van der Waals surface area contributed by atoms with Gasteiger partial charge >= 0.3 is 0 Å². The first-order valence-electron chi connectivity index (χ1n) is 7.99. The van der Waals surface area contributed by atoms with Crippen molar-refractivity contribution in [1.82, 2.24) is 9.88 Å². The minimum absolute atomic E-state index is 0.294. The van der Waals surface area contributed by atoms with Gasteiger partial charge in [0, 0.05) is 15.4 Å². The van der Waals surface area contributed by atoms with Crippen molar-refractivity contribution >= 4 is 50.1 Å². The molecule has 1 N–H and O–H groups in total. The quantitative estimate of drug-likeness (QED) is 0.624. The molecule has 8 heteroatoms. The molecule has 0 fully saturated rings. The van der Waals surface area contributed by atoms with E-state index in [9.17, 15) is 14.4 Å². The van der Waals surface area contributed by atoms with Crippen LogP contribution in [0.1, 0.15) is 20.7 Å². The third-order valence-electron chi connectivity index (χ3n) is 4.05. The van der Waals surface area contributed by atoms with Crippen molar-refractivity contribution in [3.05, 3.63) is 69.5 Å². The van der Waals surface area contributed by atoms with E-state index >= 15 is 0 Å². The Bertz CT molecular complexity index is 1070. The molecule has 0 unspecified atom stereocenters. The standard InChI is InChI=1S/C19H12BrN3O3S/c20-12-6-7-13-14(8-12)18(26)23(17(13)25)9-16(24)22-19-21-15(10-27-19)11-4-2-1-3-5-11/h1-8,10H,9H2,(H,21,22,24). The number of halogens is 1. The summed E-state index contributed by atoms with van der Waals surface area (Å²) >= 11 is 4.56. The molecule has 0 radical (unpaired) electrons. The predicted molar refractivity (Wildman–Crippen MR) is 106 cm³/mol. The second-order valence-corrected chi connectivity index (χ2v) is 7.61. The molecule has 0 saturated heterocycles. The fraction of sp³-hybridized carbons (Fsp3) is 0.0526. The van der Waals surface area contributed by atoms with Crippen LogP contribution in [0.4, 0.5) is 5.13 Å². The zero-order chi connectivity index (χ0) is 19.0. The van der Waals surface area contributed by atoms with Crippen molar-refractivity contribution in [3.63, 3.8) is 0 Å². The SMILES string of the molecule is O=C(CN1C(=O)c2ccc(Br)cc2C1=O)Nc1nc(-c2ccccc2)cs1. The van der Waals surface area contributed by atoms with Gasteiger partial charge in [-0.15, -0.1) is 11.3 Å². The van der Waals surface area contributed by atoms with Crippen LogP contribution in [-0.2, 0) is 4.79 Å². The lowest BCUT2D eigenvalue weighted by atomic mass is 10.1. The van der Waals surface area contributed by atoms with Crippen LogP contribution in [0.15, 0.2) is 58.4 Å². The third-order valence-corrected chi connectivity index (χ3v) is 5.31. The van der Waals surface area contributed by atoms with Crippen LogP contribution in [-0.4, -0.2) is 34.2 Å². The van der Waals surface area contributed by atoms with E-state index in [0.29, 0.717) is 20.7 Å². The number of anilines is 1. The molecule has 0 atom stereocenters. The van der Waals surface area contributed by atoms with Crippen LogP contribution in [0.25, 0.3) is 11.3 Å². The van der Waals surface area contributed by atoms with Crippen LogP contribution in [0.5, 0.6) is 0 Å². The fourth-order valence-corrected chi connectivity index (χ4v) is 3.88. The molecule has 0 saturated carbocycles. The van der Waals surface area contributed by atoms with Crippen molar-refractivity contribution < 1.29 is 14.4 Å². The van der Waals surface area contributed by atoms with Gasteiger partial charge in [-0.05, 0) is 18.2 Å². The molecule has 27 heavy (non-hydrogen) atoms. The summed E-state index contributed by atoms with van der Waals surface area (Å²) in [5, 5.41) is 4.90. The maximum Gasteiger partial charge on any atom is 0.262 e. The van der Waals surface area contributed by atoms with E-state index in [-0.39, 0.29) is 6.54 Å². The van der Waals surface area contributed by atoms with E-state index in [4.69, 9.17) is 0 Å². The van der Waals surface area contributed by atoms with Gasteiger partial charge in [0.05, 0.1) is 16.8 Å². The lowest BCUT2D eigenvalue weighted by molar-refractivity contribution is -0.116. The Morgan fingerprint density at radius 1 is 1.07 bits per heavy atom. The lowest BCUT2D eigenvalue weighted by Crippen LogP contribution is -2.37. The van der Waals surface area contributed by atoms with Crippen molar-refractivity contribution in [1.29, 1.82) is 0 Å². The molecule has 134 valence electrons. The Hall–Kier alpha value is -2.84. The number of hydrogen-bond donors (Lipinski definition) is 1. The van der Waals surface area contributed by atoms with Gasteiger partial charge < -0.3 is 5.32 Å². The number of hydrogen-bond acceptors (Lipinski definition) is 5. The smallest absolute Gasteiger partial charge is 0.262 e. The van der Waals surface area contributed by atoms with Gasteiger partial charge in [0.1, 0.15) is 6.54 Å². The number of nitrogens with zero attached hydrogens (tertiary/aromatic N) is 2. The van der Waals surface area contributed by atoms with Gasteiger partial charge in [-0.2, -0.15) is 0 Å². The molecule has 0 bridgehead atoms. The Labute approximate surface area is 167 Å². The number of rotatable bonds is 4. The molecular weight excluding hydrogens is 430 g/mol. The summed E-state index contributed by atoms with van der Waals surface area (Å²) < 4.78 is 0.699. The number of fused-ring (bicyclic) bond motifs is 1. The van der Waals surface area contributed by atoms with Gasteiger partial charge in [0.25, 0.3) is 11.8 Å². The van der Waals surface area contributed by atoms with Crippen molar-refractivity contribution in [3.8, 4) is 11.3 Å². The minimum atomic E-state index is -0.476.